The summed E-state index contributed by atoms with van der Waals surface area (Å²) in [4.78, 5) is 29.4. The van der Waals surface area contributed by atoms with E-state index < -0.39 is 11.5 Å². The fraction of sp³-hybridized carbons (Fsp3) is 0.417. The molecular weight excluding hydrogens is 408 g/mol. The first-order valence-corrected chi connectivity index (χ1v) is 10.7. The van der Waals surface area contributed by atoms with Crippen molar-refractivity contribution in [2.45, 2.75) is 31.8 Å². The van der Waals surface area contributed by atoms with E-state index in [1.165, 1.54) is 6.92 Å². The summed E-state index contributed by atoms with van der Waals surface area (Å²) in [5.74, 6) is -0.0186. The van der Waals surface area contributed by atoms with Gasteiger partial charge in [-0.1, -0.05) is 18.2 Å². The largest absolute Gasteiger partial charge is 0.442 e. The van der Waals surface area contributed by atoms with Crippen LogP contribution in [0.2, 0.25) is 0 Å². The van der Waals surface area contributed by atoms with Crippen molar-refractivity contribution >= 4 is 17.7 Å². The van der Waals surface area contributed by atoms with E-state index in [0.717, 1.165) is 28.9 Å². The number of cyclic esters (lactones) is 1. The average molecular weight is 434 g/mol. The smallest absolute Gasteiger partial charge is 0.414 e. The molecule has 1 aromatic heterocycles. The summed E-state index contributed by atoms with van der Waals surface area (Å²) in [6.45, 7) is 5.30. The molecule has 2 aliphatic heterocycles. The van der Waals surface area contributed by atoms with Crippen LogP contribution >= 0.6 is 0 Å². The maximum Gasteiger partial charge on any atom is 0.414 e. The number of aromatic nitrogens is 1. The number of rotatable bonds is 6. The zero-order valence-electron chi connectivity index (χ0n) is 18.2. The van der Waals surface area contributed by atoms with Gasteiger partial charge in [-0.3, -0.25) is 14.7 Å². The molecule has 0 radical (unpaired) electrons. The molecule has 2 amide bonds. The molecular formula is C24H26N4O4. The first-order valence-electron chi connectivity index (χ1n) is 10.7. The second-order valence-corrected chi connectivity index (χ2v) is 8.41. The molecule has 1 N–H and O–H groups in total. The molecule has 32 heavy (non-hydrogen) atoms. The Morgan fingerprint density at radius 2 is 2.03 bits per heavy atom. The number of nitrogens with zero attached hydrogens (tertiary/aromatic N) is 3. The first-order chi connectivity index (χ1) is 15.4. The van der Waals surface area contributed by atoms with Gasteiger partial charge in [0.2, 0.25) is 5.91 Å². The van der Waals surface area contributed by atoms with Gasteiger partial charge in [-0.05, 0) is 37.1 Å². The van der Waals surface area contributed by atoms with Gasteiger partial charge in [0.1, 0.15) is 11.5 Å². The number of benzene rings is 1. The van der Waals surface area contributed by atoms with Crippen molar-refractivity contribution in [3.8, 4) is 17.2 Å². The minimum absolute atomic E-state index is 0.139. The van der Waals surface area contributed by atoms with Crippen LogP contribution in [0.4, 0.5) is 10.5 Å². The number of pyridine rings is 1. The number of hydrogen-bond acceptors (Lipinski definition) is 6. The van der Waals surface area contributed by atoms with E-state index in [4.69, 9.17) is 9.47 Å². The lowest BCUT2D eigenvalue weighted by Crippen LogP contribution is -2.33. The Labute approximate surface area is 187 Å². The van der Waals surface area contributed by atoms with E-state index in [2.05, 4.69) is 16.4 Å². The molecule has 2 aliphatic rings. The maximum atomic E-state index is 12.2. The highest BCUT2D eigenvalue weighted by Crippen LogP contribution is 2.36. The topological polar surface area (TPSA) is 105 Å². The second-order valence-electron chi connectivity index (χ2n) is 8.41. The summed E-state index contributed by atoms with van der Waals surface area (Å²) < 4.78 is 10.8. The van der Waals surface area contributed by atoms with E-state index in [1.54, 1.807) is 11.1 Å². The van der Waals surface area contributed by atoms with Gasteiger partial charge in [-0.2, -0.15) is 5.26 Å². The molecule has 0 aliphatic carbocycles. The first kappa shape index (κ1) is 21.8. The average Bonchev–Trinajstić information content (AvgIpc) is 3.48. The van der Waals surface area contributed by atoms with Crippen LogP contribution in [-0.4, -0.2) is 49.4 Å². The van der Waals surface area contributed by atoms with Crippen molar-refractivity contribution in [1.82, 2.24) is 10.3 Å². The minimum Gasteiger partial charge on any atom is -0.442 e. The molecule has 1 aromatic carbocycles. The Balaban J connectivity index is 1.46. The van der Waals surface area contributed by atoms with Crippen LogP contribution in [0.1, 0.15) is 26.0 Å². The van der Waals surface area contributed by atoms with E-state index in [9.17, 15) is 14.9 Å². The van der Waals surface area contributed by atoms with Crippen LogP contribution in [0.3, 0.4) is 0 Å². The highest BCUT2D eigenvalue weighted by molar-refractivity contribution is 5.90. The van der Waals surface area contributed by atoms with Gasteiger partial charge in [0, 0.05) is 36.9 Å². The molecule has 3 heterocycles. The van der Waals surface area contributed by atoms with Crippen LogP contribution < -0.4 is 10.2 Å². The summed E-state index contributed by atoms with van der Waals surface area (Å²) >= 11 is 0. The number of ether oxygens (including phenoxy) is 2. The third-order valence-corrected chi connectivity index (χ3v) is 6.24. The van der Waals surface area contributed by atoms with Crippen LogP contribution in [0, 0.1) is 17.2 Å². The Morgan fingerprint density at radius 3 is 2.62 bits per heavy atom. The van der Waals surface area contributed by atoms with E-state index in [0.29, 0.717) is 26.3 Å². The molecule has 1 unspecified atom stereocenters. The van der Waals surface area contributed by atoms with Gasteiger partial charge < -0.3 is 14.8 Å². The summed E-state index contributed by atoms with van der Waals surface area (Å²) in [6, 6.07) is 13.9. The van der Waals surface area contributed by atoms with Gasteiger partial charge in [0.25, 0.3) is 0 Å². The van der Waals surface area contributed by atoms with Crippen molar-refractivity contribution < 1.29 is 19.1 Å². The lowest BCUT2D eigenvalue weighted by molar-refractivity contribution is -0.119. The zero-order chi connectivity index (χ0) is 22.7. The molecule has 3 atom stereocenters. The maximum absolute atomic E-state index is 12.2. The van der Waals surface area contributed by atoms with Crippen molar-refractivity contribution in [3.63, 3.8) is 0 Å². The Hall–Kier alpha value is -3.44. The number of carbonyl (C=O) groups is 2. The fourth-order valence-electron chi connectivity index (χ4n) is 4.15. The van der Waals surface area contributed by atoms with Crippen molar-refractivity contribution in [3.05, 3.63) is 48.3 Å². The van der Waals surface area contributed by atoms with Gasteiger partial charge in [0.05, 0.1) is 31.5 Å². The van der Waals surface area contributed by atoms with Gasteiger partial charge in [-0.25, -0.2) is 4.79 Å². The molecule has 4 rings (SSSR count). The van der Waals surface area contributed by atoms with Crippen molar-refractivity contribution in [1.29, 1.82) is 5.26 Å². The lowest BCUT2D eigenvalue weighted by atomic mass is 9.75. The predicted molar refractivity (Wildman–Crippen MR) is 118 cm³/mol. The third-order valence-electron chi connectivity index (χ3n) is 6.24. The zero-order valence-corrected chi connectivity index (χ0v) is 18.2. The number of hydrogen-bond donors (Lipinski definition) is 1. The highest BCUT2D eigenvalue weighted by atomic mass is 16.6. The van der Waals surface area contributed by atoms with Crippen LogP contribution in [0.15, 0.2) is 42.6 Å². The molecule has 166 valence electrons. The Bertz CT molecular complexity index is 1030. The molecule has 0 spiro atoms. The molecule has 2 saturated heterocycles. The van der Waals surface area contributed by atoms with E-state index in [-0.39, 0.29) is 17.9 Å². The summed E-state index contributed by atoms with van der Waals surface area (Å²) in [5, 5.41) is 12.5. The van der Waals surface area contributed by atoms with E-state index in [1.807, 2.05) is 43.3 Å². The SMILES string of the molecule is CC(=O)NC[C@H]1CN(c2ccc(-c3ccc([C@@](C)(C#N)C4CCOC4)nc3)cc2)C(=O)O1. The number of nitriles is 1. The number of amides is 2. The Morgan fingerprint density at radius 1 is 1.28 bits per heavy atom. The second kappa shape index (κ2) is 8.97. The quantitative estimate of drug-likeness (QED) is 0.749. The standard InChI is InChI=1S/C24H26N4O4/c1-16(29)26-12-21-13-28(23(30)32-21)20-6-3-17(4-7-20)18-5-8-22(27-11-18)24(2,15-25)19-9-10-31-14-19/h3-8,11,19,21H,9-10,12-14H2,1-2H3,(H,26,29)/t19?,21-,24-/m0/s1. The summed E-state index contributed by atoms with van der Waals surface area (Å²) in [5.41, 5.74) is 2.68. The van der Waals surface area contributed by atoms with Crippen LogP contribution in [0.5, 0.6) is 0 Å². The van der Waals surface area contributed by atoms with Crippen molar-refractivity contribution in [2.24, 2.45) is 5.92 Å². The number of carbonyl (C=O) groups excluding carboxylic acids is 2. The predicted octanol–water partition coefficient (Wildman–Crippen LogP) is 3.03. The van der Waals surface area contributed by atoms with Gasteiger partial charge in [-0.15, -0.1) is 0 Å². The monoisotopic (exact) mass is 434 g/mol. The van der Waals surface area contributed by atoms with E-state index >= 15 is 0 Å². The van der Waals surface area contributed by atoms with Crippen LogP contribution in [0.25, 0.3) is 11.1 Å². The number of nitrogens with one attached hydrogen (secondary N) is 1. The summed E-state index contributed by atoms with van der Waals surface area (Å²) in [7, 11) is 0. The molecule has 8 nitrogen and oxygen atoms in total. The molecule has 2 aromatic rings. The van der Waals surface area contributed by atoms with Gasteiger partial charge >= 0.3 is 6.09 Å². The Kier molecular flexibility index (Phi) is 6.10. The fourth-order valence-corrected chi connectivity index (χ4v) is 4.15. The van der Waals surface area contributed by atoms with Gasteiger partial charge in [0.15, 0.2) is 0 Å². The number of anilines is 1. The molecule has 2 fully saturated rings. The molecule has 0 saturated carbocycles. The third kappa shape index (κ3) is 4.30. The normalized spacial score (nSPS) is 22.2. The van der Waals surface area contributed by atoms with Crippen LogP contribution in [-0.2, 0) is 19.7 Å². The van der Waals surface area contributed by atoms with Crippen molar-refractivity contribution in [2.75, 3.05) is 31.2 Å². The molecule has 8 heteroatoms. The highest BCUT2D eigenvalue weighted by Gasteiger charge is 2.39. The molecule has 0 bridgehead atoms. The lowest BCUT2D eigenvalue weighted by Gasteiger charge is -2.26. The summed E-state index contributed by atoms with van der Waals surface area (Å²) in [6.07, 6.45) is 1.84. The minimum atomic E-state index is -0.678.